The standard InChI is InChI=1S/C22H22N6O/c1-23-20(29)15-19-26-22(28(27-19)13-10-16-6-3-2-4-7-16)18-9-5-8-17(14-18)21-24-11-12-25-21/h2-9,11-12,14H,10,13,15H2,1H3,(H,23,29)(H,24,25). The van der Waals surface area contributed by atoms with Crippen molar-refractivity contribution in [1.82, 2.24) is 30.0 Å². The van der Waals surface area contributed by atoms with Gasteiger partial charge in [-0.15, -0.1) is 0 Å². The van der Waals surface area contributed by atoms with E-state index in [-0.39, 0.29) is 12.3 Å². The summed E-state index contributed by atoms with van der Waals surface area (Å²) in [4.78, 5) is 23.9. The highest BCUT2D eigenvalue weighted by Gasteiger charge is 2.15. The number of imidazole rings is 1. The lowest BCUT2D eigenvalue weighted by Crippen LogP contribution is -2.20. The molecule has 146 valence electrons. The molecule has 0 aliphatic heterocycles. The summed E-state index contributed by atoms with van der Waals surface area (Å²) >= 11 is 0. The van der Waals surface area contributed by atoms with Crippen LogP contribution in [0.4, 0.5) is 0 Å². The molecular weight excluding hydrogens is 364 g/mol. The molecule has 0 unspecified atom stereocenters. The molecule has 0 fully saturated rings. The van der Waals surface area contributed by atoms with Crippen LogP contribution in [0.1, 0.15) is 11.4 Å². The minimum absolute atomic E-state index is 0.110. The summed E-state index contributed by atoms with van der Waals surface area (Å²) < 4.78 is 1.88. The third kappa shape index (κ3) is 4.40. The molecule has 29 heavy (non-hydrogen) atoms. The Labute approximate surface area is 168 Å². The summed E-state index contributed by atoms with van der Waals surface area (Å²) in [5.41, 5.74) is 3.13. The average Bonchev–Trinajstić information content (AvgIpc) is 3.43. The number of hydrogen-bond donors (Lipinski definition) is 2. The zero-order valence-electron chi connectivity index (χ0n) is 16.2. The molecule has 7 heteroatoms. The van der Waals surface area contributed by atoms with Crippen LogP contribution in [0.25, 0.3) is 22.8 Å². The van der Waals surface area contributed by atoms with Gasteiger partial charge in [0.15, 0.2) is 11.6 Å². The first kappa shape index (κ1) is 18.6. The molecule has 0 aliphatic rings. The Hall–Kier alpha value is -3.74. The second kappa shape index (κ2) is 8.52. The highest BCUT2D eigenvalue weighted by atomic mass is 16.1. The Balaban J connectivity index is 1.67. The maximum Gasteiger partial charge on any atom is 0.227 e. The molecule has 0 saturated heterocycles. The minimum Gasteiger partial charge on any atom is -0.359 e. The fourth-order valence-electron chi connectivity index (χ4n) is 3.17. The molecule has 0 spiro atoms. The van der Waals surface area contributed by atoms with Crippen LogP contribution in [-0.2, 0) is 24.2 Å². The average molecular weight is 386 g/mol. The van der Waals surface area contributed by atoms with Crippen LogP contribution in [0.5, 0.6) is 0 Å². The van der Waals surface area contributed by atoms with Gasteiger partial charge in [0.25, 0.3) is 0 Å². The van der Waals surface area contributed by atoms with Gasteiger partial charge in [0.1, 0.15) is 5.82 Å². The van der Waals surface area contributed by atoms with Gasteiger partial charge < -0.3 is 10.3 Å². The van der Waals surface area contributed by atoms with Crippen LogP contribution in [0, 0.1) is 0 Å². The van der Waals surface area contributed by atoms with E-state index >= 15 is 0 Å². The number of H-pyrrole nitrogens is 1. The van der Waals surface area contributed by atoms with Gasteiger partial charge >= 0.3 is 0 Å². The molecule has 0 saturated carbocycles. The Morgan fingerprint density at radius 2 is 1.93 bits per heavy atom. The third-order valence-electron chi connectivity index (χ3n) is 4.66. The van der Waals surface area contributed by atoms with E-state index in [0.29, 0.717) is 12.4 Å². The van der Waals surface area contributed by atoms with Gasteiger partial charge in [-0.2, -0.15) is 5.10 Å². The number of aromatic nitrogens is 5. The zero-order valence-corrected chi connectivity index (χ0v) is 16.2. The van der Waals surface area contributed by atoms with Gasteiger partial charge in [-0.05, 0) is 18.1 Å². The Morgan fingerprint density at radius 3 is 2.69 bits per heavy atom. The second-order valence-electron chi connectivity index (χ2n) is 6.68. The molecule has 0 atom stereocenters. The van der Waals surface area contributed by atoms with E-state index in [4.69, 9.17) is 0 Å². The van der Waals surface area contributed by atoms with Gasteiger partial charge in [-0.3, -0.25) is 4.79 Å². The van der Waals surface area contributed by atoms with E-state index < -0.39 is 0 Å². The van der Waals surface area contributed by atoms with Crippen molar-refractivity contribution < 1.29 is 4.79 Å². The first-order chi connectivity index (χ1) is 14.2. The van der Waals surface area contributed by atoms with Crippen LogP contribution in [0.2, 0.25) is 0 Å². The molecule has 0 aliphatic carbocycles. The smallest absolute Gasteiger partial charge is 0.227 e. The number of aryl methyl sites for hydroxylation is 2. The second-order valence-corrected chi connectivity index (χ2v) is 6.68. The van der Waals surface area contributed by atoms with Crippen LogP contribution >= 0.6 is 0 Å². The molecule has 7 nitrogen and oxygen atoms in total. The number of rotatable bonds is 7. The van der Waals surface area contributed by atoms with E-state index in [1.54, 1.807) is 19.4 Å². The summed E-state index contributed by atoms with van der Waals surface area (Å²) in [6.45, 7) is 0.672. The molecule has 4 aromatic rings. The van der Waals surface area contributed by atoms with E-state index in [1.807, 2.05) is 47.1 Å². The number of nitrogens with one attached hydrogen (secondary N) is 2. The van der Waals surface area contributed by atoms with Crippen molar-refractivity contribution in [2.75, 3.05) is 7.05 Å². The zero-order chi connectivity index (χ0) is 20.1. The van der Waals surface area contributed by atoms with Crippen molar-refractivity contribution in [3.63, 3.8) is 0 Å². The highest BCUT2D eigenvalue weighted by molar-refractivity contribution is 5.77. The lowest BCUT2D eigenvalue weighted by atomic mass is 10.1. The van der Waals surface area contributed by atoms with E-state index in [2.05, 4.69) is 37.5 Å². The predicted molar refractivity (Wildman–Crippen MR) is 111 cm³/mol. The van der Waals surface area contributed by atoms with Crippen molar-refractivity contribution in [2.24, 2.45) is 0 Å². The molecule has 2 N–H and O–H groups in total. The Morgan fingerprint density at radius 1 is 1.10 bits per heavy atom. The summed E-state index contributed by atoms with van der Waals surface area (Å²) in [7, 11) is 1.61. The monoisotopic (exact) mass is 386 g/mol. The Kier molecular flexibility index (Phi) is 5.47. The number of amides is 1. The molecular formula is C22H22N6O. The summed E-state index contributed by atoms with van der Waals surface area (Å²) in [6, 6.07) is 18.3. The topological polar surface area (TPSA) is 88.5 Å². The van der Waals surface area contributed by atoms with Crippen LogP contribution in [-0.4, -0.2) is 37.7 Å². The van der Waals surface area contributed by atoms with Gasteiger partial charge in [-0.1, -0.05) is 48.5 Å². The maximum atomic E-state index is 11.8. The van der Waals surface area contributed by atoms with E-state index in [9.17, 15) is 4.79 Å². The summed E-state index contributed by atoms with van der Waals surface area (Å²) in [5.74, 6) is 1.94. The van der Waals surface area contributed by atoms with Crippen LogP contribution in [0.3, 0.4) is 0 Å². The number of carbonyl (C=O) groups excluding carboxylic acids is 1. The van der Waals surface area contributed by atoms with Crippen LogP contribution in [0.15, 0.2) is 67.0 Å². The first-order valence-corrected chi connectivity index (χ1v) is 9.51. The predicted octanol–water partition coefficient (Wildman–Crippen LogP) is 2.87. The lowest BCUT2D eigenvalue weighted by Gasteiger charge is -2.07. The van der Waals surface area contributed by atoms with E-state index in [1.165, 1.54) is 5.56 Å². The van der Waals surface area contributed by atoms with Gasteiger partial charge in [0, 0.05) is 37.1 Å². The number of benzene rings is 2. The molecule has 2 aromatic carbocycles. The minimum atomic E-state index is -0.110. The maximum absolute atomic E-state index is 11.8. The van der Waals surface area contributed by atoms with E-state index in [0.717, 1.165) is 29.2 Å². The fraction of sp³-hybridized carbons (Fsp3) is 0.182. The molecule has 0 radical (unpaired) electrons. The molecule has 2 heterocycles. The van der Waals surface area contributed by atoms with Gasteiger partial charge in [-0.25, -0.2) is 14.6 Å². The number of likely N-dealkylation sites (N-methyl/N-ethyl adjacent to an activating group) is 1. The molecule has 4 rings (SSSR count). The number of aromatic amines is 1. The summed E-state index contributed by atoms with van der Waals surface area (Å²) in [5, 5.41) is 7.23. The van der Waals surface area contributed by atoms with Gasteiger partial charge in [0.2, 0.25) is 5.91 Å². The summed E-state index contributed by atoms with van der Waals surface area (Å²) in [6.07, 6.45) is 4.51. The number of nitrogens with zero attached hydrogens (tertiary/aromatic N) is 4. The molecule has 0 bridgehead atoms. The van der Waals surface area contributed by atoms with Gasteiger partial charge in [0.05, 0.1) is 6.42 Å². The third-order valence-corrected chi connectivity index (χ3v) is 4.66. The van der Waals surface area contributed by atoms with Crippen molar-refractivity contribution in [3.05, 3.63) is 78.4 Å². The SMILES string of the molecule is CNC(=O)Cc1nc(-c2cccc(-c3ncc[nH]3)c2)n(CCc2ccccc2)n1. The van der Waals surface area contributed by atoms with Crippen molar-refractivity contribution in [2.45, 2.75) is 19.4 Å². The first-order valence-electron chi connectivity index (χ1n) is 9.51. The van der Waals surface area contributed by atoms with Crippen molar-refractivity contribution >= 4 is 5.91 Å². The normalized spacial score (nSPS) is 10.8. The van der Waals surface area contributed by atoms with Crippen molar-refractivity contribution in [3.8, 4) is 22.8 Å². The van der Waals surface area contributed by atoms with Crippen LogP contribution < -0.4 is 5.32 Å². The Bertz CT molecular complexity index is 1090. The molecule has 2 aromatic heterocycles. The highest BCUT2D eigenvalue weighted by Crippen LogP contribution is 2.24. The fourth-order valence-corrected chi connectivity index (χ4v) is 3.17. The van der Waals surface area contributed by atoms with Crippen molar-refractivity contribution in [1.29, 1.82) is 0 Å². The number of hydrogen-bond acceptors (Lipinski definition) is 4. The largest absolute Gasteiger partial charge is 0.359 e. The molecule has 1 amide bonds. The lowest BCUT2D eigenvalue weighted by molar-refractivity contribution is -0.120. The number of carbonyl (C=O) groups is 1. The quantitative estimate of drug-likeness (QED) is 0.511.